The number of hydrogen-bond acceptors (Lipinski definition) is 7. The van der Waals surface area contributed by atoms with E-state index in [1.807, 2.05) is 11.8 Å². The van der Waals surface area contributed by atoms with Crippen LogP contribution in [0.1, 0.15) is 32.1 Å². The van der Waals surface area contributed by atoms with Gasteiger partial charge in [0.25, 0.3) is 0 Å². The van der Waals surface area contributed by atoms with Crippen LogP contribution in [0.3, 0.4) is 0 Å². The third-order valence-corrected chi connectivity index (χ3v) is 11.0. The Balaban J connectivity index is 1.28. The van der Waals surface area contributed by atoms with E-state index in [0.717, 1.165) is 49.8 Å². The molecule has 8 rings (SSSR count). The van der Waals surface area contributed by atoms with Crippen LogP contribution in [-0.2, 0) is 0 Å². The van der Waals surface area contributed by atoms with Crippen molar-refractivity contribution in [3.8, 4) is 22.9 Å². The average molecular weight is 611 g/mol. The number of rotatable bonds is 5. The molecule has 4 aliphatic heterocycles. The number of anilines is 1. The first-order valence-electron chi connectivity index (χ1n) is 14.8. The molecule has 0 radical (unpaired) electrons. The van der Waals surface area contributed by atoms with Crippen molar-refractivity contribution in [2.24, 2.45) is 0 Å². The fraction of sp³-hybridized carbons (Fsp3) is 0.438. The quantitative estimate of drug-likeness (QED) is 0.255. The fourth-order valence-corrected chi connectivity index (χ4v) is 9.14. The highest BCUT2D eigenvalue weighted by Gasteiger charge is 2.49. The van der Waals surface area contributed by atoms with Crippen LogP contribution >= 0.6 is 11.8 Å². The van der Waals surface area contributed by atoms with E-state index in [-0.39, 0.29) is 57.9 Å². The molecule has 4 fully saturated rings. The lowest BCUT2D eigenvalue weighted by atomic mass is 9.95. The van der Waals surface area contributed by atoms with E-state index < -0.39 is 29.2 Å². The minimum atomic E-state index is -1.12. The largest absolute Gasteiger partial charge is 0.508 e. The topological polar surface area (TPSA) is 61.7 Å². The second-order valence-electron chi connectivity index (χ2n) is 12.3. The smallest absolute Gasteiger partial charge is 0.319 e. The highest BCUT2D eigenvalue weighted by molar-refractivity contribution is 7.99. The van der Waals surface area contributed by atoms with E-state index in [9.17, 15) is 13.9 Å². The maximum Gasteiger partial charge on any atom is 0.319 e. The van der Waals surface area contributed by atoms with Gasteiger partial charge < -0.3 is 14.7 Å². The van der Waals surface area contributed by atoms with Gasteiger partial charge in [0, 0.05) is 52.9 Å². The number of hydrogen-bond donors (Lipinski definition) is 1. The van der Waals surface area contributed by atoms with E-state index in [1.54, 1.807) is 6.07 Å². The molecule has 1 aromatic heterocycles. The molecule has 4 aromatic rings. The van der Waals surface area contributed by atoms with Crippen LogP contribution in [0.25, 0.3) is 32.8 Å². The second kappa shape index (κ2) is 10.1. The normalized spacial score (nSPS) is 27.0. The van der Waals surface area contributed by atoms with E-state index in [4.69, 9.17) is 9.72 Å². The summed E-state index contributed by atoms with van der Waals surface area (Å²) in [6, 6.07) is 8.60. The molecule has 4 saturated heterocycles. The van der Waals surface area contributed by atoms with Gasteiger partial charge in [-0.15, -0.1) is 0 Å². The number of benzene rings is 3. The van der Waals surface area contributed by atoms with Gasteiger partial charge in [0.1, 0.15) is 29.9 Å². The lowest BCUT2D eigenvalue weighted by Crippen LogP contribution is -2.44. The van der Waals surface area contributed by atoms with Crippen molar-refractivity contribution in [2.45, 2.75) is 55.9 Å². The van der Waals surface area contributed by atoms with Crippen molar-refractivity contribution in [3.63, 3.8) is 0 Å². The summed E-state index contributed by atoms with van der Waals surface area (Å²) in [5.74, 6) is -0.667. The maximum absolute atomic E-state index is 16.7. The van der Waals surface area contributed by atoms with E-state index in [1.165, 1.54) is 24.3 Å². The van der Waals surface area contributed by atoms with Crippen LogP contribution in [0, 0.1) is 17.5 Å². The number of ether oxygens (including phenoxy) is 1. The Hall–Kier alpha value is -3.31. The van der Waals surface area contributed by atoms with Crippen molar-refractivity contribution < 1.29 is 27.4 Å². The molecular weight excluding hydrogens is 580 g/mol. The molecule has 0 saturated carbocycles. The van der Waals surface area contributed by atoms with Gasteiger partial charge in [-0.3, -0.25) is 4.90 Å². The highest BCUT2D eigenvalue weighted by Crippen LogP contribution is 2.44. The lowest BCUT2D eigenvalue weighted by molar-refractivity contribution is 0.107. The minimum absolute atomic E-state index is 0.000927. The van der Waals surface area contributed by atoms with Crippen LogP contribution in [-0.4, -0.2) is 75.0 Å². The van der Waals surface area contributed by atoms with Gasteiger partial charge in [0.2, 0.25) is 0 Å². The van der Waals surface area contributed by atoms with Crippen molar-refractivity contribution >= 4 is 39.3 Å². The first-order chi connectivity index (χ1) is 20.8. The fourth-order valence-electron chi connectivity index (χ4n) is 7.81. The number of fused-ring (bicyclic) bond motifs is 5. The Labute approximate surface area is 250 Å². The average Bonchev–Trinajstić information content (AvgIpc) is 3.60. The first-order valence-corrected chi connectivity index (χ1v) is 16.0. The summed E-state index contributed by atoms with van der Waals surface area (Å²) in [6.07, 6.45) is 3.26. The molecule has 43 heavy (non-hydrogen) atoms. The summed E-state index contributed by atoms with van der Waals surface area (Å²) in [6.45, 7) is 1.40. The molecule has 4 aliphatic rings. The number of alkyl halides is 1. The third-order valence-electron chi connectivity index (χ3n) is 9.76. The number of halogens is 4. The predicted molar refractivity (Wildman–Crippen MR) is 159 cm³/mol. The maximum atomic E-state index is 16.7. The van der Waals surface area contributed by atoms with Crippen LogP contribution in [0.5, 0.6) is 11.8 Å². The summed E-state index contributed by atoms with van der Waals surface area (Å²) < 4.78 is 66.7. The molecule has 0 amide bonds. The Morgan fingerprint density at radius 3 is 2.63 bits per heavy atom. The van der Waals surface area contributed by atoms with Crippen molar-refractivity contribution in [3.05, 3.63) is 53.8 Å². The van der Waals surface area contributed by atoms with Crippen molar-refractivity contribution in [1.29, 1.82) is 0 Å². The minimum Gasteiger partial charge on any atom is -0.508 e. The molecule has 0 spiro atoms. The molecule has 3 aromatic carbocycles. The molecule has 224 valence electrons. The second-order valence-corrected chi connectivity index (χ2v) is 13.4. The zero-order chi connectivity index (χ0) is 29.5. The van der Waals surface area contributed by atoms with Crippen molar-refractivity contribution in [1.82, 2.24) is 14.9 Å². The van der Waals surface area contributed by atoms with Gasteiger partial charge in [-0.1, -0.05) is 12.1 Å². The third kappa shape index (κ3) is 4.33. The van der Waals surface area contributed by atoms with Gasteiger partial charge in [-0.25, -0.2) is 17.6 Å². The van der Waals surface area contributed by atoms with Crippen LogP contribution < -0.4 is 9.64 Å². The summed E-state index contributed by atoms with van der Waals surface area (Å²) in [5.41, 5.74) is -0.438. The van der Waals surface area contributed by atoms with Gasteiger partial charge in [-0.2, -0.15) is 21.7 Å². The first kappa shape index (κ1) is 27.3. The summed E-state index contributed by atoms with van der Waals surface area (Å²) in [5, 5.41) is 11.0. The van der Waals surface area contributed by atoms with Crippen LogP contribution in [0.2, 0.25) is 0 Å². The van der Waals surface area contributed by atoms with Gasteiger partial charge >= 0.3 is 6.01 Å². The molecule has 11 heteroatoms. The van der Waals surface area contributed by atoms with Crippen molar-refractivity contribution in [2.75, 3.05) is 36.1 Å². The zero-order valence-electron chi connectivity index (χ0n) is 23.3. The Bertz CT molecular complexity index is 1760. The number of thioether (sulfide) groups is 1. The molecule has 2 bridgehead atoms. The summed E-state index contributed by atoms with van der Waals surface area (Å²) in [7, 11) is 0. The Morgan fingerprint density at radius 1 is 1.00 bits per heavy atom. The van der Waals surface area contributed by atoms with Crippen LogP contribution in [0.4, 0.5) is 23.4 Å². The standard InChI is InChI=1S/C32H30F4N4O2S/c33-18-12-32(8-1-9-39(32)13-18)16-42-31-37-29-23(30(38-31)40-19-3-4-20(40)15-43-14-19)6-5-22(27(29)35)24-11-21(41)10-17-2-7-25(34)28(36)26(17)24/h2,5-7,10-11,18-20,41H,1,3-4,8-9,12-16H2/t18-,19?,20?,32+/m1/s1. The molecule has 5 heterocycles. The van der Waals surface area contributed by atoms with Gasteiger partial charge in [0.15, 0.2) is 17.5 Å². The predicted octanol–water partition coefficient (Wildman–Crippen LogP) is 6.61. The zero-order valence-corrected chi connectivity index (χ0v) is 24.1. The Morgan fingerprint density at radius 2 is 1.81 bits per heavy atom. The van der Waals surface area contributed by atoms with Gasteiger partial charge in [0.05, 0.1) is 5.54 Å². The van der Waals surface area contributed by atoms with E-state index in [2.05, 4.69) is 14.8 Å². The highest BCUT2D eigenvalue weighted by atomic mass is 32.2. The van der Waals surface area contributed by atoms with E-state index >= 15 is 8.78 Å². The van der Waals surface area contributed by atoms with Gasteiger partial charge in [-0.05, 0) is 67.4 Å². The Kier molecular flexibility index (Phi) is 6.41. The number of nitrogens with zero attached hydrogens (tertiary/aromatic N) is 4. The SMILES string of the molecule is Oc1cc(-c2ccc3c(N4C5CCC4CSC5)nc(OC[C@@]45CCCN4C[C@H](F)C5)nc3c2F)c2c(F)c(F)ccc2c1. The number of phenolic OH excluding ortho intramolecular Hbond substituents is 1. The van der Waals surface area contributed by atoms with Crippen LogP contribution in [0.15, 0.2) is 36.4 Å². The van der Waals surface area contributed by atoms with E-state index in [0.29, 0.717) is 24.2 Å². The number of aromatic nitrogens is 2. The monoisotopic (exact) mass is 610 g/mol. The molecule has 0 aliphatic carbocycles. The molecule has 2 unspecified atom stereocenters. The lowest BCUT2D eigenvalue weighted by Gasteiger charge is -2.36. The number of aromatic hydroxyl groups is 1. The molecule has 4 atom stereocenters. The molecular formula is C32H30F4N4O2S. The summed E-state index contributed by atoms with van der Waals surface area (Å²) in [4.78, 5) is 13.8. The molecule has 6 nitrogen and oxygen atoms in total. The summed E-state index contributed by atoms with van der Waals surface area (Å²) >= 11 is 1.91. The molecule has 1 N–H and O–H groups in total. The number of phenols is 1.